The van der Waals surface area contributed by atoms with Crippen LogP contribution in [0.5, 0.6) is 0 Å². The van der Waals surface area contributed by atoms with Gasteiger partial charge in [0.05, 0.1) is 43.5 Å². The maximum Gasteiger partial charge on any atom is 0.416 e. The lowest BCUT2D eigenvalue weighted by molar-refractivity contribution is 0.367. The Morgan fingerprint density at radius 3 is 0.971 bits per heavy atom. The van der Waals surface area contributed by atoms with Crippen molar-refractivity contribution in [1.29, 1.82) is 0 Å². The van der Waals surface area contributed by atoms with E-state index in [1.807, 2.05) is 87.8 Å². The summed E-state index contributed by atoms with van der Waals surface area (Å²) in [4.78, 5) is 102. The number of imidazole rings is 2. The highest BCUT2D eigenvalue weighted by Gasteiger charge is 2.12. The number of rotatable bonds is 12. The van der Waals surface area contributed by atoms with E-state index in [9.17, 15) is 33.6 Å². The Morgan fingerprint density at radius 2 is 0.835 bits per heavy atom. The van der Waals surface area contributed by atoms with Crippen LogP contribution >= 0.6 is 22.7 Å². The fraction of sp³-hybridized carbons (Fsp3) is 0.543. The average Bonchev–Trinajstić information content (AvgIpc) is 1.81. The largest absolute Gasteiger partial charge is 0.416 e. The number of nitrogens with one attached hydrogen (secondary N) is 10. The van der Waals surface area contributed by atoms with Gasteiger partial charge in [-0.3, -0.25) is 34.1 Å². The molecule has 12 heterocycles. The summed E-state index contributed by atoms with van der Waals surface area (Å²) in [7, 11) is 0. The van der Waals surface area contributed by atoms with Crippen molar-refractivity contribution in [2.24, 2.45) is 37.5 Å². The van der Waals surface area contributed by atoms with Crippen molar-refractivity contribution in [2.45, 2.75) is 231 Å². The Hall–Kier alpha value is -9.92. The molecule has 103 heavy (non-hydrogen) atoms. The summed E-state index contributed by atoms with van der Waals surface area (Å²) in [6.07, 6.45) is 20.8. The summed E-state index contributed by atoms with van der Waals surface area (Å²) in [5.74, 6) is 7.52. The van der Waals surface area contributed by atoms with Crippen molar-refractivity contribution < 1.29 is 22.3 Å². The minimum absolute atomic E-state index is 0.0405. The van der Waals surface area contributed by atoms with Crippen molar-refractivity contribution in [3.8, 4) is 0 Å². The van der Waals surface area contributed by atoms with E-state index < -0.39 is 0 Å². The van der Waals surface area contributed by atoms with Gasteiger partial charge in [0.1, 0.15) is 34.8 Å². The van der Waals surface area contributed by atoms with Gasteiger partial charge in [0, 0.05) is 106 Å². The van der Waals surface area contributed by atoms with Gasteiger partial charge >= 0.3 is 27.0 Å². The van der Waals surface area contributed by atoms with Gasteiger partial charge in [-0.05, 0) is 52.2 Å². The number of H-pyrrole nitrogens is 10. The van der Waals surface area contributed by atoms with Gasteiger partial charge in [-0.15, -0.1) is 5.10 Å². The van der Waals surface area contributed by atoms with Gasteiger partial charge in [-0.2, -0.15) is 41.1 Å². The van der Waals surface area contributed by atoms with E-state index in [4.69, 9.17) is 22.3 Å². The molecule has 31 nitrogen and oxygen atoms in total. The molecule has 570 valence electrons. The standard InChI is InChI=1S/3C6H10N2.5C6H9NO2.2C6H9NOS.2C5H9N3/c2*1-5(2)6-3-7-4-8-6;1-5(2)6-3-7-8-4-6;3*1-4(2)5-3-7-6(8)9-5;2*1-4(2)5-3-6(8)7-9-5;2*1-4(2)5-3-7-6(8)9-5;2*1-4(2)5-3-6-8-7-5/h2*3-5H,1-2H3,(H,7,8);3,5H,4H2,1-2H3;7*3-4H,1-2H3,(H,7,8);3-4H,1-2H3,(H,6,7,8);3-5H,1-2H3. The van der Waals surface area contributed by atoms with Crippen LogP contribution in [0.15, 0.2) is 168 Å². The maximum absolute atomic E-state index is 10.6. The van der Waals surface area contributed by atoms with Crippen LogP contribution in [0.4, 0.5) is 0 Å². The molecule has 2 aliphatic heterocycles. The van der Waals surface area contributed by atoms with Crippen LogP contribution in [0.1, 0.15) is 281 Å². The quantitative estimate of drug-likeness (QED) is 0.0543. The highest BCUT2D eigenvalue weighted by molar-refractivity contribution is 7.09. The molecule has 0 bridgehead atoms. The molecule has 1 unspecified atom stereocenters. The van der Waals surface area contributed by atoms with Crippen molar-refractivity contribution in [2.75, 3.05) is 6.54 Å². The zero-order chi connectivity index (χ0) is 77.9. The highest BCUT2D eigenvalue weighted by atomic mass is 32.1. The topological polar surface area (TPSA) is 456 Å². The van der Waals surface area contributed by atoms with Gasteiger partial charge in [-0.25, -0.2) is 24.4 Å². The van der Waals surface area contributed by atoms with Crippen LogP contribution in [0, 0.1) is 11.8 Å². The van der Waals surface area contributed by atoms with Gasteiger partial charge in [0.2, 0.25) is 0 Å². The Morgan fingerprint density at radius 1 is 0.437 bits per heavy atom. The van der Waals surface area contributed by atoms with E-state index >= 15 is 0 Å². The smallest absolute Gasteiger partial charge is 0.413 e. The molecule has 0 aliphatic carbocycles. The minimum atomic E-state index is -0.376. The normalized spacial score (nSPS) is 12.2. The molecule has 10 aromatic heterocycles. The fourth-order valence-corrected chi connectivity index (χ4v) is 8.22. The Bertz CT molecular complexity index is 3670. The van der Waals surface area contributed by atoms with Crippen molar-refractivity contribution in [1.82, 2.24) is 70.6 Å². The zero-order valence-corrected chi connectivity index (χ0v) is 65.7. The Kier molecular flexibility index (Phi) is 43.9. The Balaban J connectivity index is 0.000000562. The number of hydrogen-bond donors (Lipinski definition) is 10. The summed E-state index contributed by atoms with van der Waals surface area (Å²) in [5, 5.41) is 33.0. The van der Waals surface area contributed by atoms with E-state index in [1.54, 1.807) is 56.1 Å². The summed E-state index contributed by atoms with van der Waals surface area (Å²) in [6.45, 7) is 49.9. The summed E-state index contributed by atoms with van der Waals surface area (Å²) in [6, 6.07) is 3.16. The third kappa shape index (κ3) is 40.3. The second-order valence-electron chi connectivity index (χ2n) is 26.6. The first-order chi connectivity index (χ1) is 48.4. The van der Waals surface area contributed by atoms with Crippen molar-refractivity contribution in [3.63, 3.8) is 0 Å². The molecule has 0 saturated heterocycles. The highest BCUT2D eigenvalue weighted by Crippen LogP contribution is 2.18. The molecule has 0 spiro atoms. The molecule has 12 rings (SSSR count). The van der Waals surface area contributed by atoms with E-state index in [0.717, 1.165) is 22.0 Å². The maximum atomic E-state index is 10.6. The molecule has 0 saturated carbocycles. The molecule has 0 amide bonds. The number of thiazole rings is 2. The van der Waals surface area contributed by atoms with E-state index in [1.165, 1.54) is 51.8 Å². The SMILES string of the molecule is CC(C)C1=CN=NC1.CC(C)C1C=NN=N1.CC(C)c1c[nH]c(=O)o1.CC(C)c1c[nH]c(=O)o1.CC(C)c1c[nH]c(=O)o1.CC(C)c1c[nH]c(=O)s1.CC(C)c1c[nH]c(=O)s1.CC(C)c1cc(=O)[nH]o1.CC(C)c1cc(=O)[nH]o1.CC(C)c1cn[nH]n1.CC(C)c1cnc[nH]1.CC(C)c1cnc[nH]1. The number of hydrogen-bond acceptors (Lipinski definition) is 23. The van der Waals surface area contributed by atoms with Crippen LogP contribution in [-0.2, 0) is 0 Å². The zero-order valence-electron chi connectivity index (χ0n) is 64.0. The van der Waals surface area contributed by atoms with E-state index in [-0.39, 0.29) is 73.8 Å². The summed E-state index contributed by atoms with van der Waals surface area (Å²) >= 11 is 2.57. The minimum Gasteiger partial charge on any atom is -0.413 e. The molecular formula is C70H111N19O12S2. The predicted octanol–water partition coefficient (Wildman–Crippen LogP) is 16.0. The number of nitrogens with zero attached hydrogens (tertiary/aromatic N) is 9. The molecular weight excluding hydrogens is 1360 g/mol. The number of aromatic nitrogens is 14. The van der Waals surface area contributed by atoms with Crippen molar-refractivity contribution in [3.05, 3.63) is 213 Å². The third-order valence-electron chi connectivity index (χ3n) is 13.5. The number of oxazole rings is 3. The van der Waals surface area contributed by atoms with Crippen LogP contribution in [0.2, 0.25) is 0 Å². The first-order valence-electron chi connectivity index (χ1n) is 34.0. The molecule has 10 aromatic rings. The lowest BCUT2D eigenvalue weighted by atomic mass is 10.1. The second-order valence-corrected chi connectivity index (χ2v) is 28.7. The van der Waals surface area contributed by atoms with Gasteiger partial charge < -0.3 is 42.2 Å². The second kappa shape index (κ2) is 49.6. The van der Waals surface area contributed by atoms with Crippen LogP contribution in [-0.4, -0.2) is 89.4 Å². The van der Waals surface area contributed by atoms with E-state index in [0.29, 0.717) is 70.2 Å². The monoisotopic (exact) mass is 1470 g/mol. The number of aromatic amines is 10. The molecule has 33 heteroatoms. The first-order valence-corrected chi connectivity index (χ1v) is 35.6. The molecule has 2 aliphatic rings. The van der Waals surface area contributed by atoms with Gasteiger partial charge in [0.25, 0.3) is 11.1 Å². The summed E-state index contributed by atoms with van der Waals surface area (Å²) in [5.41, 5.74) is 4.42. The molecule has 10 N–H and O–H groups in total. The van der Waals surface area contributed by atoms with Crippen molar-refractivity contribution >= 4 is 28.9 Å². The molecule has 1 atom stereocenters. The molecule has 0 radical (unpaired) electrons. The van der Waals surface area contributed by atoms with E-state index in [2.05, 4.69) is 193 Å². The van der Waals surface area contributed by atoms with Crippen LogP contribution < -0.4 is 38.1 Å². The van der Waals surface area contributed by atoms with Gasteiger partial charge in [0.15, 0.2) is 0 Å². The van der Waals surface area contributed by atoms with Crippen LogP contribution in [0.25, 0.3) is 0 Å². The molecule has 0 fully saturated rings. The molecule has 0 aromatic carbocycles. The Labute approximate surface area is 607 Å². The lowest BCUT2D eigenvalue weighted by Crippen LogP contribution is -2.10. The predicted molar refractivity (Wildman–Crippen MR) is 406 cm³/mol. The first kappa shape index (κ1) is 91.1. The number of azo groups is 1. The van der Waals surface area contributed by atoms with Crippen LogP contribution in [0.3, 0.4) is 0 Å². The lowest BCUT2D eigenvalue weighted by Gasteiger charge is -2.02. The third-order valence-corrected chi connectivity index (χ3v) is 15.8. The average molecular weight is 1470 g/mol. The fourth-order valence-electron chi connectivity index (χ4n) is 6.85. The summed E-state index contributed by atoms with van der Waals surface area (Å²) < 4.78 is 23.8. The van der Waals surface area contributed by atoms with Gasteiger partial charge in [-0.1, -0.05) is 189 Å².